The molecule has 6 atom stereocenters. The van der Waals surface area contributed by atoms with E-state index < -0.39 is 114 Å². The predicted molar refractivity (Wildman–Crippen MR) is 186 cm³/mol. The molecule has 3 aromatic carbocycles. The van der Waals surface area contributed by atoms with E-state index in [0.29, 0.717) is 0 Å². The van der Waals surface area contributed by atoms with Crippen LogP contribution >= 0.6 is 0 Å². The number of carbonyl (C=O) groups excluding carboxylic acids is 5. The fourth-order valence-electron chi connectivity index (χ4n) is 7.15. The second kappa shape index (κ2) is 15.0. The number of hydrogen-bond acceptors (Lipinski definition) is 12. The van der Waals surface area contributed by atoms with Crippen LogP contribution in [0.3, 0.4) is 0 Å². The van der Waals surface area contributed by atoms with Crippen molar-refractivity contribution in [1.82, 2.24) is 5.32 Å². The van der Waals surface area contributed by atoms with Crippen LogP contribution in [0.2, 0.25) is 5.32 Å². The van der Waals surface area contributed by atoms with Crippen molar-refractivity contribution in [3.05, 3.63) is 81.4 Å². The Kier molecular flexibility index (Phi) is 10.9. The number of alkyl halides is 3. The summed E-state index contributed by atoms with van der Waals surface area (Å²) < 4.78 is 64.3. The normalized spacial score (nSPS) is 24.6. The van der Waals surface area contributed by atoms with Crippen LogP contribution in [0, 0.1) is 6.92 Å². The zero-order chi connectivity index (χ0) is 40.1. The molecule has 17 heteroatoms. The number of methoxy groups -OCH3 is 1. The van der Waals surface area contributed by atoms with Crippen LogP contribution in [-0.4, -0.2) is 103 Å². The quantitative estimate of drug-likeness (QED) is 0.110. The van der Waals surface area contributed by atoms with Crippen LogP contribution in [0.4, 0.5) is 13.2 Å². The van der Waals surface area contributed by atoms with Gasteiger partial charge in [0.15, 0.2) is 5.78 Å². The first-order valence-electron chi connectivity index (χ1n) is 17.0. The first-order valence-corrected chi connectivity index (χ1v) is 19.1. The molecular weight excluding hydrogens is 798 g/mol. The molecule has 0 bridgehead atoms. The number of aromatic hydroxyl groups is 2. The molecule has 0 spiro atoms. The maximum atomic E-state index is 13.9. The molecule has 13 nitrogen and oxygen atoms in total. The molecule has 0 saturated carbocycles. The molecule has 1 amide bonds. The third-order valence-electron chi connectivity index (χ3n) is 9.94. The van der Waals surface area contributed by atoms with E-state index in [0.717, 1.165) is 16.9 Å². The number of phenols is 2. The van der Waals surface area contributed by atoms with E-state index in [1.807, 2.05) is 36.5 Å². The van der Waals surface area contributed by atoms with E-state index >= 15 is 0 Å². The minimum atomic E-state index is -5.31. The van der Waals surface area contributed by atoms with Gasteiger partial charge in [0.2, 0.25) is 5.78 Å². The molecule has 0 unspecified atom stereocenters. The number of benzene rings is 3. The van der Waals surface area contributed by atoms with Gasteiger partial charge in [-0.05, 0) is 13.0 Å². The number of fused-ring (bicyclic) bond motifs is 3. The predicted octanol–water partition coefficient (Wildman–Crippen LogP) is 3.06. The van der Waals surface area contributed by atoms with E-state index in [4.69, 9.17) is 18.9 Å². The average molecular weight is 835 g/mol. The molecular formula is C38H36F3NO12Se. The summed E-state index contributed by atoms with van der Waals surface area (Å²) in [4.78, 5) is 65.6. The third-order valence-corrected chi connectivity index (χ3v) is 12.0. The van der Waals surface area contributed by atoms with Crippen LogP contribution in [0.5, 0.6) is 17.2 Å². The van der Waals surface area contributed by atoms with Gasteiger partial charge >= 0.3 is 228 Å². The molecule has 0 aromatic heterocycles. The summed E-state index contributed by atoms with van der Waals surface area (Å²) >= 11 is -0.381. The van der Waals surface area contributed by atoms with E-state index in [2.05, 4.69) is 0 Å². The number of nitrogens with one attached hydrogen (secondary N) is 1. The molecule has 3 aromatic rings. The fourth-order valence-corrected chi connectivity index (χ4v) is 8.58. The van der Waals surface area contributed by atoms with Crippen molar-refractivity contribution in [2.24, 2.45) is 0 Å². The van der Waals surface area contributed by atoms with Crippen LogP contribution in [-0.2, 0) is 35.0 Å². The van der Waals surface area contributed by atoms with Crippen molar-refractivity contribution < 1.29 is 71.4 Å². The Bertz CT molecular complexity index is 2090. The van der Waals surface area contributed by atoms with Gasteiger partial charge in [0.05, 0.1) is 18.2 Å². The molecule has 0 radical (unpaired) electrons. The molecule has 1 saturated heterocycles. The number of aryl methyl sites for hydroxylation is 1. The summed E-state index contributed by atoms with van der Waals surface area (Å²) in [5.41, 5.74) is -3.27. The Morgan fingerprint density at radius 3 is 2.33 bits per heavy atom. The van der Waals surface area contributed by atoms with Crippen molar-refractivity contribution in [3.63, 3.8) is 0 Å². The van der Waals surface area contributed by atoms with E-state index in [9.17, 15) is 52.5 Å². The van der Waals surface area contributed by atoms with Crippen molar-refractivity contribution in [2.75, 3.05) is 7.11 Å². The molecule has 4 N–H and O–H groups in total. The molecule has 3 aliphatic rings. The molecule has 2 aliphatic carbocycles. The van der Waals surface area contributed by atoms with E-state index in [1.54, 1.807) is 0 Å². The maximum absolute atomic E-state index is 13.9. The second-order valence-electron chi connectivity index (χ2n) is 13.6. The first-order chi connectivity index (χ1) is 25.8. The van der Waals surface area contributed by atoms with Gasteiger partial charge < -0.3 is 9.84 Å². The monoisotopic (exact) mass is 835 g/mol. The van der Waals surface area contributed by atoms with E-state index in [-0.39, 0.29) is 48.3 Å². The van der Waals surface area contributed by atoms with Crippen LogP contribution in [0.1, 0.15) is 81.3 Å². The van der Waals surface area contributed by atoms with Crippen molar-refractivity contribution in [2.45, 2.75) is 87.8 Å². The zero-order valence-corrected chi connectivity index (χ0v) is 31.5. The van der Waals surface area contributed by atoms with Crippen LogP contribution in [0.15, 0.2) is 42.5 Å². The van der Waals surface area contributed by atoms with Crippen molar-refractivity contribution >= 4 is 48.6 Å². The Morgan fingerprint density at radius 2 is 1.69 bits per heavy atom. The zero-order valence-electron chi connectivity index (χ0n) is 29.8. The van der Waals surface area contributed by atoms with E-state index in [1.165, 1.54) is 32.2 Å². The molecule has 1 aliphatic heterocycles. The summed E-state index contributed by atoms with van der Waals surface area (Å²) in [6.45, 7) is 4.34. The number of halogens is 3. The summed E-state index contributed by atoms with van der Waals surface area (Å²) in [6, 6.07) is 10.1. The number of aliphatic hydroxyl groups is 1. The molecule has 1 heterocycles. The summed E-state index contributed by atoms with van der Waals surface area (Å²) in [5.74, 6) is -7.17. The number of carbonyl (C=O) groups is 5. The van der Waals surface area contributed by atoms with Gasteiger partial charge in [-0.15, -0.1) is 0 Å². The topological polar surface area (TPSA) is 195 Å². The van der Waals surface area contributed by atoms with Crippen molar-refractivity contribution in [3.8, 4) is 17.2 Å². The fraction of sp³-hybridized carbons (Fsp3) is 0.395. The number of amides is 1. The van der Waals surface area contributed by atoms with Crippen LogP contribution < -0.4 is 14.5 Å². The van der Waals surface area contributed by atoms with Gasteiger partial charge in [0.1, 0.15) is 5.75 Å². The summed E-state index contributed by atoms with van der Waals surface area (Å²) in [5, 5.41) is 36.6. The Balaban J connectivity index is 1.33. The van der Waals surface area contributed by atoms with Gasteiger partial charge in [-0.2, -0.15) is 0 Å². The van der Waals surface area contributed by atoms with Gasteiger partial charge in [-0.25, -0.2) is 0 Å². The Hall–Kier alpha value is -4.80. The first kappa shape index (κ1) is 39.9. The van der Waals surface area contributed by atoms with Crippen LogP contribution in [0.25, 0.3) is 0 Å². The summed E-state index contributed by atoms with van der Waals surface area (Å²) in [7, 11) is 1.27. The Labute approximate surface area is 318 Å². The van der Waals surface area contributed by atoms with Gasteiger partial charge in [0.25, 0.3) is 0 Å². The second-order valence-corrected chi connectivity index (χ2v) is 15.8. The number of hydrogen-bond donors (Lipinski definition) is 4. The number of Topliss-reactive ketones (excluding diaryl/α,β-unsaturated/α-hetero) is 1. The SMILES string of the molecule is COc1cccc2c1C(=O)c1c(O)c3c(c(O)c1C2=O)C[C@@](O)(C(C)=O)C[C@@H]3O[C@H]1C[C@H](NC(=O)C(F)(F)F)[C@@H](OC(=O)C[Se]c2ccc(C)cc2)[C@H](C)O1. The number of phenolic OH excluding ortho intramolecular Hbond substituents is 2. The molecule has 292 valence electrons. The third kappa shape index (κ3) is 7.59. The number of esters is 1. The number of ether oxygens (including phenoxy) is 4. The molecule has 1 fully saturated rings. The standard InChI is InChI=1S/C38H36F3NO12Se/c1-16-8-10-19(11-9-16)55-15-25(44)54-35-17(2)52-26(12-22(35)42-36(49)38(39,40)41)53-24-14-37(50,18(3)43)13-21-28(24)34(48)30-29(32(21)46)31(45)20-6-5-7-23(51-4)27(20)33(30)47/h5-11,17,22,24,26,35,46,48,50H,12-15H2,1-4H3,(H,42,49)/t17-,22-,24-,26-,35-,37-/m0/s1. The Morgan fingerprint density at radius 1 is 1.02 bits per heavy atom. The number of ketones is 3. The van der Waals surface area contributed by atoms with Gasteiger partial charge in [-0.3, -0.25) is 14.4 Å². The van der Waals surface area contributed by atoms with Gasteiger partial charge in [0, 0.05) is 5.56 Å². The van der Waals surface area contributed by atoms with Gasteiger partial charge in [-0.1, -0.05) is 12.1 Å². The molecule has 55 heavy (non-hydrogen) atoms. The number of rotatable bonds is 9. The average Bonchev–Trinajstić information content (AvgIpc) is 3.12. The molecule has 6 rings (SSSR count). The minimum absolute atomic E-state index is 0.0138. The summed E-state index contributed by atoms with van der Waals surface area (Å²) in [6.07, 6.45) is -12.8. The van der Waals surface area contributed by atoms with Crippen molar-refractivity contribution in [1.29, 1.82) is 0 Å².